The van der Waals surface area contributed by atoms with E-state index in [4.69, 9.17) is 0 Å². The van der Waals surface area contributed by atoms with Crippen molar-refractivity contribution in [1.29, 1.82) is 0 Å². The molecular weight excluding hydrogens is 460 g/mol. The van der Waals surface area contributed by atoms with Gasteiger partial charge in [0, 0.05) is 30.0 Å². The van der Waals surface area contributed by atoms with Crippen molar-refractivity contribution in [2.24, 2.45) is 0 Å². The van der Waals surface area contributed by atoms with Gasteiger partial charge in [0.1, 0.15) is 5.76 Å². The third-order valence-electron chi connectivity index (χ3n) is 8.02. The molecule has 0 spiro atoms. The van der Waals surface area contributed by atoms with Crippen molar-refractivity contribution in [2.45, 2.75) is 51.5 Å². The fourth-order valence-corrected chi connectivity index (χ4v) is 6.09. The summed E-state index contributed by atoms with van der Waals surface area (Å²) in [6.45, 7) is 4.06. The molecule has 1 aliphatic carbocycles. The number of rotatable bonds is 4. The third-order valence-corrected chi connectivity index (χ3v) is 8.02. The Hall–Kier alpha value is -3.86. The van der Waals surface area contributed by atoms with E-state index in [2.05, 4.69) is 11.0 Å². The molecule has 0 radical (unpaired) electrons. The van der Waals surface area contributed by atoms with E-state index in [1.165, 1.54) is 30.4 Å². The molecule has 6 rings (SSSR count). The highest BCUT2D eigenvalue weighted by atomic mass is 16.3. The molecule has 0 saturated carbocycles. The average molecular weight is 493 g/mol. The molecule has 1 N–H and O–H groups in total. The van der Waals surface area contributed by atoms with Crippen LogP contribution in [0.2, 0.25) is 0 Å². The Bertz CT molecular complexity index is 1400. The van der Waals surface area contributed by atoms with Crippen LogP contribution in [-0.4, -0.2) is 29.9 Å². The maximum atomic E-state index is 13.5. The van der Waals surface area contributed by atoms with Gasteiger partial charge in [-0.2, -0.15) is 0 Å². The number of aliphatic hydroxyl groups is 1. The van der Waals surface area contributed by atoms with Gasteiger partial charge in [0.25, 0.3) is 11.7 Å². The molecule has 1 atom stereocenters. The Balaban J connectivity index is 1.46. The van der Waals surface area contributed by atoms with E-state index >= 15 is 0 Å². The smallest absolute Gasteiger partial charge is 0.300 e. The molecule has 3 aliphatic rings. The van der Waals surface area contributed by atoms with Gasteiger partial charge in [-0.05, 0) is 92.5 Å². The van der Waals surface area contributed by atoms with Crippen LogP contribution in [0.1, 0.15) is 59.5 Å². The standard InChI is InChI=1S/C32H32N2O3/c1-21-7-6-10-24(19-21)29-28(30(35)25-12-11-22-8-2-3-9-23(22)20-25)31(36)32(37)34(29)27-15-13-26(14-16-27)33-17-4-5-18-33/h6-7,10-16,19-20,29,35H,2-5,8-9,17-18H2,1H3/b30-28-. The lowest BCUT2D eigenvalue weighted by atomic mass is 9.88. The van der Waals surface area contributed by atoms with Gasteiger partial charge in [-0.15, -0.1) is 0 Å². The summed E-state index contributed by atoms with van der Waals surface area (Å²) in [5.74, 6) is -1.36. The second-order valence-corrected chi connectivity index (χ2v) is 10.5. The Morgan fingerprint density at radius 3 is 2.24 bits per heavy atom. The highest BCUT2D eigenvalue weighted by Crippen LogP contribution is 2.43. The zero-order chi connectivity index (χ0) is 25.5. The summed E-state index contributed by atoms with van der Waals surface area (Å²) in [6, 6.07) is 20.9. The van der Waals surface area contributed by atoms with E-state index in [1.807, 2.05) is 67.6 Å². The fourth-order valence-electron chi connectivity index (χ4n) is 6.09. The van der Waals surface area contributed by atoms with E-state index in [9.17, 15) is 14.7 Å². The van der Waals surface area contributed by atoms with E-state index in [0.29, 0.717) is 11.3 Å². The Kier molecular flexibility index (Phi) is 6.07. The normalized spacial score (nSPS) is 20.9. The number of ketones is 1. The van der Waals surface area contributed by atoms with Crippen LogP contribution >= 0.6 is 0 Å². The van der Waals surface area contributed by atoms with Gasteiger partial charge in [0.2, 0.25) is 0 Å². The lowest BCUT2D eigenvalue weighted by Gasteiger charge is -2.26. The minimum atomic E-state index is -0.700. The summed E-state index contributed by atoms with van der Waals surface area (Å²) in [6.07, 6.45) is 6.68. The molecule has 1 amide bonds. The summed E-state index contributed by atoms with van der Waals surface area (Å²) in [7, 11) is 0. The van der Waals surface area contributed by atoms with Crippen molar-refractivity contribution in [3.63, 3.8) is 0 Å². The van der Waals surface area contributed by atoms with Crippen LogP contribution < -0.4 is 9.80 Å². The second-order valence-electron chi connectivity index (χ2n) is 10.5. The van der Waals surface area contributed by atoms with Crippen molar-refractivity contribution in [2.75, 3.05) is 22.9 Å². The fraction of sp³-hybridized carbons (Fsp3) is 0.312. The zero-order valence-electron chi connectivity index (χ0n) is 21.2. The van der Waals surface area contributed by atoms with Gasteiger partial charge >= 0.3 is 0 Å². The number of anilines is 2. The minimum Gasteiger partial charge on any atom is -0.507 e. The van der Waals surface area contributed by atoms with E-state index in [-0.39, 0.29) is 11.3 Å². The Morgan fingerprint density at radius 1 is 0.811 bits per heavy atom. The van der Waals surface area contributed by atoms with Crippen LogP contribution in [0, 0.1) is 6.92 Å². The first-order valence-corrected chi connectivity index (χ1v) is 13.4. The van der Waals surface area contributed by atoms with Crippen LogP contribution in [0.4, 0.5) is 11.4 Å². The van der Waals surface area contributed by atoms with Gasteiger partial charge in [0.05, 0.1) is 11.6 Å². The molecule has 3 aromatic carbocycles. The molecule has 188 valence electrons. The molecular formula is C32H32N2O3. The van der Waals surface area contributed by atoms with Gasteiger partial charge in [0.15, 0.2) is 0 Å². The first kappa shape index (κ1) is 23.5. The molecule has 2 fully saturated rings. The van der Waals surface area contributed by atoms with Gasteiger partial charge in [-0.25, -0.2) is 0 Å². The number of Topliss-reactive ketones (excluding diaryl/α,β-unsaturated/α-hetero) is 1. The van der Waals surface area contributed by atoms with Crippen molar-refractivity contribution < 1.29 is 14.7 Å². The number of aliphatic hydroxyl groups excluding tert-OH is 1. The molecule has 5 heteroatoms. The molecule has 3 aromatic rings. The number of benzene rings is 3. The molecule has 0 bridgehead atoms. The molecule has 2 heterocycles. The largest absolute Gasteiger partial charge is 0.507 e. The monoisotopic (exact) mass is 492 g/mol. The summed E-state index contributed by atoms with van der Waals surface area (Å²) in [4.78, 5) is 30.9. The van der Waals surface area contributed by atoms with Crippen LogP contribution in [0.3, 0.4) is 0 Å². The predicted octanol–water partition coefficient (Wildman–Crippen LogP) is 6.10. The first-order valence-electron chi connectivity index (χ1n) is 13.4. The maximum absolute atomic E-state index is 13.5. The number of carbonyl (C=O) groups is 2. The first-order chi connectivity index (χ1) is 18.0. The Labute approximate surface area is 218 Å². The molecule has 1 unspecified atom stereocenters. The van der Waals surface area contributed by atoms with E-state index in [0.717, 1.165) is 49.2 Å². The number of hydrogen-bond acceptors (Lipinski definition) is 4. The number of carbonyl (C=O) groups excluding carboxylic acids is 2. The SMILES string of the molecule is Cc1cccc(C2/C(=C(/O)c3ccc4c(c3)CCCC4)C(=O)C(=O)N2c2ccc(N3CCCC3)cc2)c1. The van der Waals surface area contributed by atoms with Crippen LogP contribution in [0.25, 0.3) is 5.76 Å². The average Bonchev–Trinajstić information content (AvgIpc) is 3.55. The number of aryl methyl sites for hydroxylation is 3. The van der Waals surface area contributed by atoms with Crippen molar-refractivity contribution in [3.05, 3.63) is 100 Å². The highest BCUT2D eigenvalue weighted by Gasteiger charge is 2.47. The summed E-state index contributed by atoms with van der Waals surface area (Å²) < 4.78 is 0. The van der Waals surface area contributed by atoms with Crippen molar-refractivity contribution in [3.8, 4) is 0 Å². The van der Waals surface area contributed by atoms with Crippen LogP contribution in [0.5, 0.6) is 0 Å². The van der Waals surface area contributed by atoms with Crippen molar-refractivity contribution in [1.82, 2.24) is 0 Å². The summed E-state index contributed by atoms with van der Waals surface area (Å²) >= 11 is 0. The lowest BCUT2D eigenvalue weighted by Crippen LogP contribution is -2.29. The topological polar surface area (TPSA) is 60.9 Å². The molecule has 2 saturated heterocycles. The number of amides is 1. The number of fused-ring (bicyclic) bond motifs is 1. The zero-order valence-corrected chi connectivity index (χ0v) is 21.2. The minimum absolute atomic E-state index is 0.102. The van der Waals surface area contributed by atoms with Crippen LogP contribution in [0.15, 0.2) is 72.3 Å². The van der Waals surface area contributed by atoms with Crippen LogP contribution in [-0.2, 0) is 22.4 Å². The van der Waals surface area contributed by atoms with Gasteiger partial charge < -0.3 is 10.0 Å². The number of hydrogen-bond donors (Lipinski definition) is 1. The van der Waals surface area contributed by atoms with Crippen molar-refractivity contribution >= 4 is 28.8 Å². The lowest BCUT2D eigenvalue weighted by molar-refractivity contribution is -0.132. The second kappa shape index (κ2) is 9.55. The number of nitrogens with zero attached hydrogens (tertiary/aromatic N) is 2. The van der Waals surface area contributed by atoms with E-state index < -0.39 is 17.7 Å². The quantitative estimate of drug-likeness (QED) is 0.272. The predicted molar refractivity (Wildman–Crippen MR) is 147 cm³/mol. The highest BCUT2D eigenvalue weighted by molar-refractivity contribution is 6.51. The van der Waals surface area contributed by atoms with Gasteiger partial charge in [-0.1, -0.05) is 42.0 Å². The van der Waals surface area contributed by atoms with E-state index in [1.54, 1.807) is 4.90 Å². The molecule has 0 aromatic heterocycles. The molecule has 5 nitrogen and oxygen atoms in total. The molecule has 2 aliphatic heterocycles. The Morgan fingerprint density at radius 2 is 1.51 bits per heavy atom. The summed E-state index contributed by atoms with van der Waals surface area (Å²) in [5.41, 5.74) is 6.88. The van der Waals surface area contributed by atoms with Gasteiger partial charge in [-0.3, -0.25) is 14.5 Å². The summed E-state index contributed by atoms with van der Waals surface area (Å²) in [5, 5.41) is 11.5. The molecule has 37 heavy (non-hydrogen) atoms. The third kappa shape index (κ3) is 4.22. The maximum Gasteiger partial charge on any atom is 0.300 e.